The lowest BCUT2D eigenvalue weighted by Crippen LogP contribution is -2.08. The molecule has 0 spiro atoms. The molecule has 3 aromatic rings. The Balaban J connectivity index is 2.20. The molecule has 0 saturated heterocycles. The Hall–Kier alpha value is -1.07. The van der Waals surface area contributed by atoms with E-state index in [1.807, 2.05) is 37.2 Å². The van der Waals surface area contributed by atoms with E-state index in [0.29, 0.717) is 25.2 Å². The highest BCUT2D eigenvalue weighted by Crippen LogP contribution is 2.38. The molecular formula is C14H10Cl3N3S. The highest BCUT2D eigenvalue weighted by Gasteiger charge is 2.14. The standard InChI is InChI=1S/C14H10Cl3N3S/c1-20(2)7-3-4-10-8(5-7)12(16)19-14(18-10)9-6-11(15)21-13(9)17/h3-6H,1-2H3. The minimum Gasteiger partial charge on any atom is -0.378 e. The summed E-state index contributed by atoms with van der Waals surface area (Å²) in [6.45, 7) is 0. The summed E-state index contributed by atoms with van der Waals surface area (Å²) in [4.78, 5) is 10.9. The van der Waals surface area contributed by atoms with Crippen LogP contribution in [0.2, 0.25) is 13.8 Å². The van der Waals surface area contributed by atoms with E-state index in [9.17, 15) is 0 Å². The first-order valence-corrected chi connectivity index (χ1v) is 8.00. The van der Waals surface area contributed by atoms with Crippen LogP contribution >= 0.6 is 46.1 Å². The van der Waals surface area contributed by atoms with Crippen LogP contribution in [0.3, 0.4) is 0 Å². The molecule has 2 heterocycles. The minimum atomic E-state index is 0.400. The summed E-state index contributed by atoms with van der Waals surface area (Å²) in [7, 11) is 3.94. The molecule has 0 radical (unpaired) electrons. The molecule has 2 aromatic heterocycles. The summed E-state index contributed by atoms with van der Waals surface area (Å²) in [5, 5.41) is 1.21. The zero-order chi connectivity index (χ0) is 15.1. The maximum absolute atomic E-state index is 6.31. The second-order valence-electron chi connectivity index (χ2n) is 4.67. The fourth-order valence-electron chi connectivity index (χ4n) is 1.97. The van der Waals surface area contributed by atoms with Crippen molar-refractivity contribution in [2.24, 2.45) is 0 Å². The molecule has 0 aliphatic heterocycles. The number of benzene rings is 1. The van der Waals surface area contributed by atoms with Gasteiger partial charge in [-0.2, -0.15) is 0 Å². The van der Waals surface area contributed by atoms with Gasteiger partial charge in [0.2, 0.25) is 0 Å². The first-order chi connectivity index (χ1) is 9.95. The maximum Gasteiger partial charge on any atom is 0.163 e. The van der Waals surface area contributed by atoms with Gasteiger partial charge in [-0.25, -0.2) is 9.97 Å². The Morgan fingerprint density at radius 1 is 1.05 bits per heavy atom. The van der Waals surface area contributed by atoms with Crippen molar-refractivity contribution in [1.29, 1.82) is 0 Å². The topological polar surface area (TPSA) is 29.0 Å². The third kappa shape index (κ3) is 2.81. The number of fused-ring (bicyclic) bond motifs is 1. The van der Waals surface area contributed by atoms with Crippen molar-refractivity contribution in [3.63, 3.8) is 0 Å². The molecule has 3 rings (SSSR count). The first-order valence-electron chi connectivity index (χ1n) is 6.05. The maximum atomic E-state index is 6.31. The van der Waals surface area contributed by atoms with Crippen LogP contribution in [0.15, 0.2) is 24.3 Å². The SMILES string of the molecule is CN(C)c1ccc2nc(-c3cc(Cl)sc3Cl)nc(Cl)c2c1. The lowest BCUT2D eigenvalue weighted by atomic mass is 10.2. The molecule has 0 aliphatic rings. The van der Waals surface area contributed by atoms with Crippen LogP contribution in [0.4, 0.5) is 5.69 Å². The summed E-state index contributed by atoms with van der Waals surface area (Å²) in [6.07, 6.45) is 0. The number of hydrogen-bond acceptors (Lipinski definition) is 4. The third-order valence-electron chi connectivity index (χ3n) is 3.05. The summed E-state index contributed by atoms with van der Waals surface area (Å²) in [5.74, 6) is 0.484. The molecule has 3 nitrogen and oxygen atoms in total. The van der Waals surface area contributed by atoms with Gasteiger partial charge in [0.1, 0.15) is 9.49 Å². The number of hydrogen-bond donors (Lipinski definition) is 0. The number of anilines is 1. The van der Waals surface area contributed by atoms with Gasteiger partial charge in [0.25, 0.3) is 0 Å². The Bertz CT molecular complexity index is 830. The predicted octanol–water partition coefficient (Wildman–Crippen LogP) is 5.38. The average molecular weight is 359 g/mol. The Morgan fingerprint density at radius 2 is 1.81 bits per heavy atom. The molecule has 0 bridgehead atoms. The Kier molecular flexibility index (Phi) is 3.97. The summed E-state index contributed by atoms with van der Waals surface area (Å²) < 4.78 is 1.15. The molecule has 0 amide bonds. The van der Waals surface area contributed by atoms with Crippen molar-refractivity contribution >= 4 is 62.7 Å². The zero-order valence-electron chi connectivity index (χ0n) is 11.2. The molecule has 0 N–H and O–H groups in total. The van der Waals surface area contributed by atoms with E-state index < -0.39 is 0 Å². The molecule has 0 atom stereocenters. The molecule has 0 saturated carbocycles. The van der Waals surface area contributed by atoms with Gasteiger partial charge in [0.15, 0.2) is 5.82 Å². The Labute approximate surface area is 141 Å². The second kappa shape index (κ2) is 5.61. The largest absolute Gasteiger partial charge is 0.378 e. The summed E-state index contributed by atoms with van der Waals surface area (Å²) in [6, 6.07) is 7.62. The molecule has 0 aliphatic carbocycles. The molecule has 108 valence electrons. The monoisotopic (exact) mass is 357 g/mol. The molecule has 1 aromatic carbocycles. The van der Waals surface area contributed by atoms with Gasteiger partial charge >= 0.3 is 0 Å². The number of nitrogens with zero attached hydrogens (tertiary/aromatic N) is 3. The van der Waals surface area contributed by atoms with Crippen molar-refractivity contribution in [3.05, 3.63) is 38.1 Å². The van der Waals surface area contributed by atoms with Crippen LogP contribution in [0, 0.1) is 0 Å². The first kappa shape index (κ1) is 14.9. The van der Waals surface area contributed by atoms with E-state index in [0.717, 1.165) is 16.6 Å². The Morgan fingerprint density at radius 3 is 2.43 bits per heavy atom. The third-order valence-corrected chi connectivity index (χ3v) is 4.82. The van der Waals surface area contributed by atoms with Gasteiger partial charge in [-0.3, -0.25) is 0 Å². The lowest BCUT2D eigenvalue weighted by Gasteiger charge is -2.13. The predicted molar refractivity (Wildman–Crippen MR) is 92.2 cm³/mol. The van der Waals surface area contributed by atoms with E-state index in [4.69, 9.17) is 34.8 Å². The molecular weight excluding hydrogens is 349 g/mol. The summed E-state index contributed by atoms with van der Waals surface area (Å²) in [5.41, 5.74) is 2.51. The van der Waals surface area contributed by atoms with Crippen LogP contribution in [-0.4, -0.2) is 24.1 Å². The van der Waals surface area contributed by atoms with Crippen LogP contribution in [-0.2, 0) is 0 Å². The van der Waals surface area contributed by atoms with Crippen molar-refractivity contribution in [2.45, 2.75) is 0 Å². The van der Waals surface area contributed by atoms with Crippen molar-refractivity contribution in [1.82, 2.24) is 9.97 Å². The van der Waals surface area contributed by atoms with Gasteiger partial charge in [-0.05, 0) is 24.3 Å². The van der Waals surface area contributed by atoms with Crippen molar-refractivity contribution in [3.8, 4) is 11.4 Å². The van der Waals surface area contributed by atoms with Crippen LogP contribution in [0.1, 0.15) is 0 Å². The molecule has 0 fully saturated rings. The van der Waals surface area contributed by atoms with E-state index in [-0.39, 0.29) is 0 Å². The van der Waals surface area contributed by atoms with Gasteiger partial charge in [0.05, 0.1) is 15.4 Å². The second-order valence-corrected chi connectivity index (χ2v) is 7.32. The van der Waals surface area contributed by atoms with Crippen molar-refractivity contribution < 1.29 is 0 Å². The smallest absolute Gasteiger partial charge is 0.163 e. The molecule has 21 heavy (non-hydrogen) atoms. The highest BCUT2D eigenvalue weighted by molar-refractivity contribution is 7.20. The number of halogens is 3. The summed E-state index contributed by atoms with van der Waals surface area (Å²) >= 11 is 19.7. The van der Waals surface area contributed by atoms with E-state index in [2.05, 4.69) is 9.97 Å². The number of aromatic nitrogens is 2. The molecule has 7 heteroatoms. The fourth-order valence-corrected chi connectivity index (χ4v) is 3.66. The van der Waals surface area contributed by atoms with E-state index in [1.165, 1.54) is 11.3 Å². The number of thiophene rings is 1. The van der Waals surface area contributed by atoms with E-state index in [1.54, 1.807) is 6.07 Å². The van der Waals surface area contributed by atoms with Gasteiger partial charge < -0.3 is 4.90 Å². The zero-order valence-corrected chi connectivity index (χ0v) is 14.3. The van der Waals surface area contributed by atoms with Crippen LogP contribution in [0.25, 0.3) is 22.3 Å². The minimum absolute atomic E-state index is 0.400. The molecule has 0 unspecified atom stereocenters. The van der Waals surface area contributed by atoms with Gasteiger partial charge in [0, 0.05) is 25.2 Å². The van der Waals surface area contributed by atoms with Crippen LogP contribution < -0.4 is 4.90 Å². The van der Waals surface area contributed by atoms with Crippen molar-refractivity contribution in [2.75, 3.05) is 19.0 Å². The average Bonchev–Trinajstić information content (AvgIpc) is 2.77. The van der Waals surface area contributed by atoms with Gasteiger partial charge in [-0.1, -0.05) is 34.8 Å². The van der Waals surface area contributed by atoms with Gasteiger partial charge in [-0.15, -0.1) is 11.3 Å². The fraction of sp³-hybridized carbons (Fsp3) is 0.143. The normalized spacial score (nSPS) is 11.1. The highest BCUT2D eigenvalue weighted by atomic mass is 35.5. The number of rotatable bonds is 2. The van der Waals surface area contributed by atoms with E-state index >= 15 is 0 Å². The lowest BCUT2D eigenvalue weighted by molar-refractivity contribution is 1.13. The van der Waals surface area contributed by atoms with Crippen LogP contribution in [0.5, 0.6) is 0 Å². The quantitative estimate of drug-likeness (QED) is 0.575.